The van der Waals surface area contributed by atoms with Crippen molar-refractivity contribution in [3.63, 3.8) is 0 Å². The molecule has 0 aromatic carbocycles. The normalized spacial score (nSPS) is 24.0. The van der Waals surface area contributed by atoms with Crippen molar-refractivity contribution >= 4 is 23.7 Å². The maximum Gasteiger partial charge on any atom is 0.252 e. The Bertz CT molecular complexity index is 847. The van der Waals surface area contributed by atoms with E-state index < -0.39 is 11.3 Å². The van der Waals surface area contributed by atoms with Gasteiger partial charge in [-0.1, -0.05) is 6.92 Å². The molecule has 1 saturated carbocycles. The van der Waals surface area contributed by atoms with Crippen molar-refractivity contribution in [1.82, 2.24) is 14.8 Å². The van der Waals surface area contributed by atoms with Crippen LogP contribution in [0.15, 0.2) is 23.9 Å². The number of carbonyl (C=O) groups excluding carboxylic acids is 2. The molecule has 8 nitrogen and oxygen atoms in total. The molecule has 1 saturated heterocycles. The van der Waals surface area contributed by atoms with E-state index in [1.807, 2.05) is 24.1 Å². The van der Waals surface area contributed by atoms with Gasteiger partial charge in [0.2, 0.25) is 5.91 Å². The Morgan fingerprint density at radius 1 is 1.50 bits per heavy atom. The lowest BCUT2D eigenvalue weighted by atomic mass is 9.90. The first-order chi connectivity index (χ1) is 13.3. The first-order valence-corrected chi connectivity index (χ1v) is 9.46. The summed E-state index contributed by atoms with van der Waals surface area (Å²) >= 11 is 0. The number of nitriles is 1. The number of carbonyl (C=O) groups is 2. The number of likely N-dealkylation sites (N-methyl/N-ethyl adjacent to an activating group) is 1. The van der Waals surface area contributed by atoms with Crippen molar-refractivity contribution in [2.24, 2.45) is 17.1 Å². The van der Waals surface area contributed by atoms with Gasteiger partial charge in [-0.3, -0.25) is 9.59 Å². The van der Waals surface area contributed by atoms with E-state index in [4.69, 9.17) is 11.1 Å². The van der Waals surface area contributed by atoms with Gasteiger partial charge in [-0.25, -0.2) is 0 Å². The topological polar surface area (TPSA) is 130 Å². The predicted molar refractivity (Wildman–Crippen MR) is 105 cm³/mol. The molecule has 8 heteroatoms. The highest BCUT2D eigenvalue weighted by Crippen LogP contribution is 2.47. The van der Waals surface area contributed by atoms with E-state index in [0.717, 1.165) is 12.6 Å². The highest BCUT2D eigenvalue weighted by atomic mass is 16.2. The first-order valence-electron chi connectivity index (χ1n) is 9.46. The zero-order valence-corrected chi connectivity index (χ0v) is 16.2. The number of nitrogens with two attached hydrogens (primary N) is 1. The van der Waals surface area contributed by atoms with E-state index in [-0.39, 0.29) is 23.4 Å². The Labute approximate surface area is 164 Å². The number of aromatic amines is 1. The Morgan fingerprint density at radius 3 is 2.71 bits per heavy atom. The Hall–Kier alpha value is -3.08. The number of rotatable bonds is 6. The number of nitrogens with one attached hydrogen (secondary N) is 2. The summed E-state index contributed by atoms with van der Waals surface area (Å²) in [5.74, 6) is -0.506. The number of hydrogen-bond donors (Lipinski definition) is 3. The molecule has 2 unspecified atom stereocenters. The molecule has 2 heterocycles. The Balaban J connectivity index is 1.92. The molecule has 1 aliphatic heterocycles. The van der Waals surface area contributed by atoms with Crippen LogP contribution in [0, 0.1) is 28.1 Å². The Kier molecular flexibility index (Phi) is 5.27. The average Bonchev–Trinajstić information content (AvgIpc) is 3.31. The maximum atomic E-state index is 12.8. The molecule has 2 fully saturated rings. The van der Waals surface area contributed by atoms with Gasteiger partial charge < -0.3 is 25.9 Å². The van der Waals surface area contributed by atoms with Crippen LogP contribution in [0.5, 0.6) is 0 Å². The first kappa shape index (κ1) is 19.7. The van der Waals surface area contributed by atoms with Gasteiger partial charge in [-0.15, -0.1) is 0 Å². The fourth-order valence-electron chi connectivity index (χ4n) is 3.96. The lowest BCUT2D eigenvalue weighted by Gasteiger charge is -2.44. The molecular formula is C20H26N6O2. The van der Waals surface area contributed by atoms with Crippen LogP contribution in [0.4, 0.5) is 0 Å². The largest absolute Gasteiger partial charge is 0.367 e. The molecule has 28 heavy (non-hydrogen) atoms. The second-order valence-corrected chi connectivity index (χ2v) is 7.74. The average molecular weight is 382 g/mol. The minimum Gasteiger partial charge on any atom is -0.367 e. The second kappa shape index (κ2) is 7.50. The van der Waals surface area contributed by atoms with Crippen molar-refractivity contribution in [2.45, 2.75) is 32.2 Å². The van der Waals surface area contributed by atoms with Crippen LogP contribution in [0.2, 0.25) is 0 Å². The van der Waals surface area contributed by atoms with Gasteiger partial charge in [-0.2, -0.15) is 5.26 Å². The standard InChI is InChI=1S/C20H26N6O2/c1-13-5-9-26(19(28)20(12-22)6-7-20)11-16(13)25(2)17(14(10-21)18(23)27)15-4-3-8-24-15/h3-4,8,10,13,16,21,24H,5-7,9,11H2,1-2H3,(H2,23,27)/b17-14-,21-10?. The van der Waals surface area contributed by atoms with Crippen LogP contribution in [-0.2, 0) is 9.59 Å². The monoisotopic (exact) mass is 382 g/mol. The summed E-state index contributed by atoms with van der Waals surface area (Å²) in [6.07, 6.45) is 4.77. The van der Waals surface area contributed by atoms with Crippen LogP contribution in [0.25, 0.3) is 5.70 Å². The lowest BCUT2D eigenvalue weighted by Crippen LogP contribution is -2.53. The van der Waals surface area contributed by atoms with Gasteiger partial charge in [-0.05, 0) is 37.3 Å². The van der Waals surface area contributed by atoms with Gasteiger partial charge in [0, 0.05) is 38.6 Å². The van der Waals surface area contributed by atoms with Gasteiger partial charge in [0.05, 0.1) is 23.0 Å². The van der Waals surface area contributed by atoms with E-state index in [1.54, 1.807) is 11.1 Å². The van der Waals surface area contributed by atoms with E-state index >= 15 is 0 Å². The number of primary amides is 1. The van der Waals surface area contributed by atoms with E-state index in [0.29, 0.717) is 37.3 Å². The summed E-state index contributed by atoms with van der Waals surface area (Å²) in [4.78, 5) is 31.6. The fourth-order valence-corrected chi connectivity index (χ4v) is 3.96. The van der Waals surface area contributed by atoms with Crippen molar-refractivity contribution in [1.29, 1.82) is 10.7 Å². The minimum absolute atomic E-state index is 0.0696. The zero-order valence-electron chi connectivity index (χ0n) is 16.2. The van der Waals surface area contributed by atoms with Gasteiger partial charge in [0.25, 0.3) is 5.91 Å². The minimum atomic E-state index is -0.838. The molecule has 148 valence electrons. The van der Waals surface area contributed by atoms with Crippen molar-refractivity contribution in [3.05, 3.63) is 29.6 Å². The van der Waals surface area contributed by atoms with Crippen molar-refractivity contribution in [2.75, 3.05) is 20.1 Å². The number of nitrogens with zero attached hydrogens (tertiary/aromatic N) is 3. The van der Waals surface area contributed by atoms with Crippen LogP contribution < -0.4 is 5.73 Å². The summed E-state index contributed by atoms with van der Waals surface area (Å²) in [5.41, 5.74) is 6.02. The summed E-state index contributed by atoms with van der Waals surface area (Å²) in [6.45, 7) is 3.21. The maximum absolute atomic E-state index is 12.8. The fraction of sp³-hybridized carbons (Fsp3) is 0.500. The van der Waals surface area contributed by atoms with E-state index in [1.165, 1.54) is 0 Å². The molecule has 1 aromatic heterocycles. The SMILES string of the molecule is CC1CCN(C(=O)C2(C#N)CC2)CC1N(C)/C(=C(/C=N)C(N)=O)c1ccc[nH]1. The molecule has 2 amide bonds. The molecule has 0 spiro atoms. The Morgan fingerprint density at radius 2 is 2.21 bits per heavy atom. The molecule has 1 aliphatic carbocycles. The summed E-state index contributed by atoms with van der Waals surface area (Å²) in [7, 11) is 1.86. The molecule has 2 aliphatic rings. The highest BCUT2D eigenvalue weighted by Gasteiger charge is 2.53. The van der Waals surface area contributed by atoms with Crippen LogP contribution in [-0.4, -0.2) is 59.0 Å². The third-order valence-electron chi connectivity index (χ3n) is 5.95. The molecule has 3 rings (SSSR count). The number of hydrogen-bond acceptors (Lipinski definition) is 5. The van der Waals surface area contributed by atoms with Crippen LogP contribution in [0.1, 0.15) is 31.9 Å². The molecule has 0 radical (unpaired) electrons. The van der Waals surface area contributed by atoms with Crippen LogP contribution in [0.3, 0.4) is 0 Å². The number of piperidine rings is 1. The molecule has 0 bridgehead atoms. The number of likely N-dealkylation sites (tertiary alicyclic amines) is 1. The van der Waals surface area contributed by atoms with Gasteiger partial charge in [0.1, 0.15) is 5.41 Å². The number of H-pyrrole nitrogens is 1. The molecule has 4 N–H and O–H groups in total. The highest BCUT2D eigenvalue weighted by molar-refractivity contribution is 6.16. The zero-order chi connectivity index (χ0) is 20.5. The quantitative estimate of drug-likeness (QED) is 0.506. The molecular weight excluding hydrogens is 356 g/mol. The lowest BCUT2D eigenvalue weighted by molar-refractivity contribution is -0.137. The number of amides is 2. The summed E-state index contributed by atoms with van der Waals surface area (Å²) < 4.78 is 0. The van der Waals surface area contributed by atoms with Gasteiger partial charge in [0.15, 0.2) is 0 Å². The van der Waals surface area contributed by atoms with E-state index in [9.17, 15) is 14.9 Å². The molecule has 2 atom stereocenters. The third kappa shape index (κ3) is 3.40. The predicted octanol–water partition coefficient (Wildman–Crippen LogP) is 1.33. The van der Waals surface area contributed by atoms with Crippen molar-refractivity contribution in [3.8, 4) is 6.07 Å². The summed E-state index contributed by atoms with van der Waals surface area (Å²) in [6, 6.07) is 5.75. The van der Waals surface area contributed by atoms with Crippen molar-refractivity contribution < 1.29 is 9.59 Å². The van der Waals surface area contributed by atoms with E-state index in [2.05, 4.69) is 18.0 Å². The number of aromatic nitrogens is 1. The van der Waals surface area contributed by atoms with Gasteiger partial charge >= 0.3 is 0 Å². The van der Waals surface area contributed by atoms with Crippen LogP contribution >= 0.6 is 0 Å². The molecule has 1 aromatic rings. The third-order valence-corrected chi connectivity index (χ3v) is 5.95. The second-order valence-electron chi connectivity index (χ2n) is 7.74. The summed E-state index contributed by atoms with van der Waals surface area (Å²) in [5, 5.41) is 17.0. The smallest absolute Gasteiger partial charge is 0.252 e.